The summed E-state index contributed by atoms with van der Waals surface area (Å²) in [5.74, 6) is -6.14. The number of allylic oxidation sites excluding steroid dienone is 1. The van der Waals surface area contributed by atoms with E-state index in [-0.39, 0.29) is 57.0 Å². The molecule has 0 spiro atoms. The third-order valence-corrected chi connectivity index (χ3v) is 16.2. The summed E-state index contributed by atoms with van der Waals surface area (Å²) in [4.78, 5) is 69.8. The van der Waals surface area contributed by atoms with Crippen LogP contribution in [0, 0.1) is 5.92 Å². The Morgan fingerprint density at radius 1 is 1.08 bits per heavy atom. The molecule has 5 heterocycles. The number of nitrogens with zero attached hydrogens (tertiary/aromatic N) is 4. The minimum Gasteiger partial charge on any atom is -0.488 e. The fourth-order valence-corrected chi connectivity index (χ4v) is 11.3. The zero-order valence-electron chi connectivity index (χ0n) is 37.7. The normalized spacial score (nSPS) is 29.6. The Morgan fingerprint density at radius 2 is 1.84 bits per heavy atom. The van der Waals surface area contributed by atoms with Crippen molar-refractivity contribution in [1.29, 1.82) is 0 Å². The van der Waals surface area contributed by atoms with Crippen LogP contribution in [-0.4, -0.2) is 113 Å². The van der Waals surface area contributed by atoms with Crippen LogP contribution in [0.15, 0.2) is 29.7 Å². The number of hydrogen-bond donors (Lipinski definition) is 2. The van der Waals surface area contributed by atoms with Gasteiger partial charge >= 0.3 is 0 Å². The summed E-state index contributed by atoms with van der Waals surface area (Å²) in [6.45, 7) is 8.97. The zero-order valence-corrected chi connectivity index (χ0v) is 39.3. The molecule has 2 aromatic rings. The van der Waals surface area contributed by atoms with Crippen LogP contribution >= 0.6 is 11.3 Å². The lowest BCUT2D eigenvalue weighted by molar-refractivity contribution is -0.149. The molecule has 0 bridgehead atoms. The molecule has 6 atom stereocenters. The molecule has 3 unspecified atom stereocenters. The number of methoxy groups -OCH3 is 1. The lowest BCUT2D eigenvalue weighted by atomic mass is 9.80. The number of ether oxygens (including phenoxy) is 2. The van der Waals surface area contributed by atoms with Crippen molar-refractivity contribution >= 4 is 51.1 Å². The van der Waals surface area contributed by atoms with E-state index in [4.69, 9.17) is 19.4 Å². The highest BCUT2D eigenvalue weighted by Crippen LogP contribution is 2.44. The number of thiazole rings is 1. The highest BCUT2D eigenvalue weighted by Gasteiger charge is 2.48. The molecule has 4 amide bonds. The SMILES string of the molecule is COC1(C)C=Cc2c(OC3C[C@H]4C(=O)N[C@@](C)(C(=O)NS(=O)(=O)C5CC5)C/C=C\CCCCC[C@H](CC(=O)N5CCCC(F)(F)C5)C(=O)N4C3)cc(-c3nc(C(C)C)cs3)nc2C1C. The molecule has 64 heavy (non-hydrogen) atoms. The van der Waals surface area contributed by atoms with Crippen molar-refractivity contribution in [3.05, 3.63) is 46.6 Å². The van der Waals surface area contributed by atoms with Crippen LogP contribution in [0.3, 0.4) is 0 Å². The molecule has 350 valence electrons. The fraction of sp³-hybridized carbons (Fsp3) is 0.652. The Hall–Kier alpha value is -4.29. The molecule has 18 heteroatoms. The maximum absolute atomic E-state index is 15.0. The van der Waals surface area contributed by atoms with E-state index < -0.39 is 80.6 Å². The van der Waals surface area contributed by atoms with Gasteiger partial charge in [0.1, 0.15) is 34.1 Å². The van der Waals surface area contributed by atoms with E-state index in [9.17, 15) is 36.4 Å². The van der Waals surface area contributed by atoms with Crippen molar-refractivity contribution in [2.24, 2.45) is 5.92 Å². The summed E-state index contributed by atoms with van der Waals surface area (Å²) < 4.78 is 69.9. The van der Waals surface area contributed by atoms with E-state index in [1.54, 1.807) is 13.2 Å². The second kappa shape index (κ2) is 18.9. The van der Waals surface area contributed by atoms with Gasteiger partial charge in [0.15, 0.2) is 0 Å². The van der Waals surface area contributed by atoms with E-state index in [1.165, 1.54) is 23.2 Å². The molecule has 14 nitrogen and oxygen atoms in total. The molecule has 5 aliphatic rings. The van der Waals surface area contributed by atoms with Crippen LogP contribution in [0.1, 0.15) is 140 Å². The molecule has 0 radical (unpaired) electrons. The van der Waals surface area contributed by atoms with Gasteiger partial charge in [0, 0.05) is 61.8 Å². The summed E-state index contributed by atoms with van der Waals surface area (Å²) in [6.07, 6.45) is 10.00. The highest BCUT2D eigenvalue weighted by molar-refractivity contribution is 7.91. The highest BCUT2D eigenvalue weighted by atomic mass is 32.2. The minimum atomic E-state index is -3.97. The third-order valence-electron chi connectivity index (χ3n) is 13.5. The number of sulfonamides is 1. The molecule has 2 N–H and O–H groups in total. The number of fused-ring (bicyclic) bond motifs is 2. The standard InChI is InChI=1S/C46H62F2N6O8S2/c1-28(2)35-26-63-41(50-35)34-24-37(33-17-20-45(5,61-6)29(3)39(33)49-34)62-31-23-36-40(56)51-44(4,43(58)52-64(59,60)32-15-16-32)18-12-10-8-7-9-11-14-30(42(57)54(36)25-31)22-38(55)53-21-13-19-46(47,48)27-53/h10,12,17,20,24,26,28-32,36H,7-9,11,13-16,18-19,21-23,25,27H2,1-6H3,(H,51,56)(H,52,58)/b12-10-/t29?,30-,31?,36+,44-,45?/m1/s1. The number of carbonyl (C=O) groups excluding carboxylic acids is 4. The van der Waals surface area contributed by atoms with Crippen LogP contribution in [0.2, 0.25) is 0 Å². The zero-order chi connectivity index (χ0) is 46.2. The van der Waals surface area contributed by atoms with Gasteiger partial charge in [0.2, 0.25) is 27.7 Å². The topological polar surface area (TPSA) is 177 Å². The molecule has 2 aromatic heterocycles. The number of nitrogens with one attached hydrogen (secondary N) is 2. The summed E-state index contributed by atoms with van der Waals surface area (Å²) in [6, 6.07) is 0.614. The molecule has 3 aliphatic heterocycles. The van der Waals surface area contributed by atoms with Gasteiger partial charge in [0.05, 0.1) is 35.3 Å². The number of alkyl halides is 2. The van der Waals surface area contributed by atoms with Gasteiger partial charge in [-0.05, 0) is 64.7 Å². The van der Waals surface area contributed by atoms with Gasteiger partial charge in [0.25, 0.3) is 11.8 Å². The molecule has 2 aliphatic carbocycles. The maximum atomic E-state index is 15.0. The number of amides is 4. The molecule has 0 aromatic carbocycles. The van der Waals surface area contributed by atoms with E-state index in [2.05, 4.69) is 23.9 Å². The van der Waals surface area contributed by atoms with Crippen LogP contribution in [0.5, 0.6) is 5.75 Å². The first-order valence-corrected chi connectivity index (χ1v) is 25.1. The number of piperidine rings is 1. The average molecular weight is 929 g/mol. The number of carbonyl (C=O) groups is 4. The Morgan fingerprint density at radius 3 is 2.53 bits per heavy atom. The van der Waals surface area contributed by atoms with Gasteiger partial charge in [-0.2, -0.15) is 0 Å². The molecule has 1 saturated carbocycles. The number of halogens is 2. The molecule has 2 saturated heterocycles. The second-order valence-electron chi connectivity index (χ2n) is 18.9. The monoisotopic (exact) mass is 928 g/mol. The Bertz CT molecular complexity index is 2280. The van der Waals surface area contributed by atoms with Crippen LogP contribution < -0.4 is 14.8 Å². The maximum Gasteiger partial charge on any atom is 0.265 e. The third kappa shape index (κ3) is 10.5. The molecule has 7 rings (SSSR count). The van der Waals surface area contributed by atoms with Gasteiger partial charge in [-0.1, -0.05) is 57.9 Å². The van der Waals surface area contributed by atoms with Crippen molar-refractivity contribution < 1.29 is 45.9 Å². The van der Waals surface area contributed by atoms with E-state index in [0.717, 1.165) is 22.7 Å². The molecular weight excluding hydrogens is 867 g/mol. The first-order valence-electron chi connectivity index (χ1n) is 22.6. The lowest BCUT2D eigenvalue weighted by Crippen LogP contribution is -2.61. The van der Waals surface area contributed by atoms with E-state index in [0.29, 0.717) is 60.5 Å². The minimum absolute atomic E-state index is 0.0132. The smallest absolute Gasteiger partial charge is 0.265 e. The van der Waals surface area contributed by atoms with Crippen molar-refractivity contribution in [2.45, 2.75) is 158 Å². The Kier molecular flexibility index (Phi) is 14.1. The van der Waals surface area contributed by atoms with Gasteiger partial charge < -0.3 is 24.6 Å². The van der Waals surface area contributed by atoms with Gasteiger partial charge in [-0.25, -0.2) is 27.2 Å². The molecule has 3 fully saturated rings. The van der Waals surface area contributed by atoms with Crippen molar-refractivity contribution in [3.63, 3.8) is 0 Å². The number of aromatic nitrogens is 2. The van der Waals surface area contributed by atoms with Gasteiger partial charge in [-0.15, -0.1) is 11.3 Å². The molecular formula is C46H62F2N6O8S2. The van der Waals surface area contributed by atoms with E-state index >= 15 is 0 Å². The second-order valence-corrected chi connectivity index (χ2v) is 21.8. The van der Waals surface area contributed by atoms with E-state index in [1.807, 2.05) is 43.5 Å². The summed E-state index contributed by atoms with van der Waals surface area (Å²) in [5, 5.41) is 4.85. The number of likely N-dealkylation sites (tertiary alicyclic amines) is 1. The number of rotatable bonds is 10. The van der Waals surface area contributed by atoms with Gasteiger partial charge in [-0.3, -0.25) is 23.9 Å². The van der Waals surface area contributed by atoms with Crippen molar-refractivity contribution in [1.82, 2.24) is 29.8 Å². The predicted octanol–water partition coefficient (Wildman–Crippen LogP) is 6.87. The Balaban J connectivity index is 1.24. The average Bonchev–Trinajstić information content (AvgIpc) is 3.85. The van der Waals surface area contributed by atoms with Crippen molar-refractivity contribution in [2.75, 3.05) is 26.7 Å². The predicted molar refractivity (Wildman–Crippen MR) is 239 cm³/mol. The first kappa shape index (κ1) is 47.7. The van der Waals surface area contributed by atoms with Crippen LogP contribution in [0.4, 0.5) is 8.78 Å². The van der Waals surface area contributed by atoms with Crippen molar-refractivity contribution in [3.8, 4) is 16.5 Å². The first-order chi connectivity index (χ1) is 30.2. The summed E-state index contributed by atoms with van der Waals surface area (Å²) in [5.41, 5.74) is 0.539. The summed E-state index contributed by atoms with van der Waals surface area (Å²) >= 11 is 1.47. The lowest BCUT2D eigenvalue weighted by Gasteiger charge is -2.35. The summed E-state index contributed by atoms with van der Waals surface area (Å²) in [7, 11) is -2.33. The number of hydrogen-bond acceptors (Lipinski definition) is 11. The fourth-order valence-electron chi connectivity index (χ4n) is 8.98. The van der Waals surface area contributed by atoms with Crippen LogP contribution in [-0.2, 0) is 33.9 Å². The number of pyridine rings is 1. The largest absolute Gasteiger partial charge is 0.488 e. The quantitative estimate of drug-likeness (QED) is 0.239. The Labute approximate surface area is 379 Å². The van der Waals surface area contributed by atoms with Crippen LogP contribution in [0.25, 0.3) is 16.8 Å².